The predicted molar refractivity (Wildman–Crippen MR) is 46.4 cm³/mol. The van der Waals surface area contributed by atoms with Crippen molar-refractivity contribution in [1.82, 2.24) is 4.98 Å². The van der Waals surface area contributed by atoms with E-state index in [1.807, 2.05) is 12.4 Å². The van der Waals surface area contributed by atoms with Crippen LogP contribution in [-0.4, -0.2) is 29.4 Å². The highest BCUT2D eigenvalue weighted by atomic mass is 32.1. The molecule has 0 radical (unpaired) electrons. The molecule has 0 aliphatic carbocycles. The van der Waals surface area contributed by atoms with Crippen LogP contribution < -0.4 is 0 Å². The summed E-state index contributed by atoms with van der Waals surface area (Å²) < 4.78 is 5.18. The number of aliphatic hydroxyl groups is 1. The molecule has 1 saturated heterocycles. The van der Waals surface area contributed by atoms with Crippen LogP contribution in [0.1, 0.15) is 16.5 Å². The Labute approximate surface area is 75.0 Å². The Morgan fingerprint density at radius 3 is 3.00 bits per heavy atom. The van der Waals surface area contributed by atoms with Crippen molar-refractivity contribution in [2.45, 2.75) is 18.9 Å². The standard InChI is InChI=1S/C8H11NO2S/c1-5-8(12-4-9-5)6-2-11-3-7(6)10/h4,6-7,10H,2-3H2,1H3/t6-,7-/m1/s1. The molecular weight excluding hydrogens is 174 g/mol. The minimum atomic E-state index is -0.343. The zero-order valence-electron chi connectivity index (χ0n) is 6.86. The molecule has 2 atom stereocenters. The number of hydrogen-bond donors (Lipinski definition) is 1. The Balaban J connectivity index is 2.24. The minimum Gasteiger partial charge on any atom is -0.390 e. The van der Waals surface area contributed by atoms with E-state index in [4.69, 9.17) is 4.74 Å². The molecule has 66 valence electrons. The Hall–Kier alpha value is -0.450. The lowest BCUT2D eigenvalue weighted by molar-refractivity contribution is 0.125. The van der Waals surface area contributed by atoms with Crippen molar-refractivity contribution in [3.05, 3.63) is 16.1 Å². The largest absolute Gasteiger partial charge is 0.390 e. The van der Waals surface area contributed by atoms with E-state index in [0.29, 0.717) is 13.2 Å². The van der Waals surface area contributed by atoms with Gasteiger partial charge in [0.1, 0.15) is 0 Å². The molecule has 0 bridgehead atoms. The van der Waals surface area contributed by atoms with Crippen LogP contribution in [-0.2, 0) is 4.74 Å². The van der Waals surface area contributed by atoms with E-state index in [-0.39, 0.29) is 12.0 Å². The Bertz CT molecular complexity index is 274. The zero-order valence-corrected chi connectivity index (χ0v) is 7.67. The molecular formula is C8H11NO2S. The number of aryl methyl sites for hydroxylation is 1. The van der Waals surface area contributed by atoms with E-state index in [0.717, 1.165) is 5.69 Å². The number of aliphatic hydroxyl groups excluding tert-OH is 1. The maximum absolute atomic E-state index is 9.54. The third-order valence-corrected chi connectivity index (χ3v) is 3.23. The van der Waals surface area contributed by atoms with Crippen LogP contribution >= 0.6 is 11.3 Å². The number of ether oxygens (including phenoxy) is 1. The van der Waals surface area contributed by atoms with Gasteiger partial charge in [-0.15, -0.1) is 11.3 Å². The summed E-state index contributed by atoms with van der Waals surface area (Å²) in [6, 6.07) is 0. The summed E-state index contributed by atoms with van der Waals surface area (Å²) in [4.78, 5) is 5.31. The molecule has 1 aromatic heterocycles. The average molecular weight is 185 g/mol. The molecule has 4 heteroatoms. The Kier molecular flexibility index (Phi) is 2.12. The predicted octanol–water partition coefficient (Wildman–Crippen LogP) is 0.926. The van der Waals surface area contributed by atoms with Crippen molar-refractivity contribution in [3.63, 3.8) is 0 Å². The van der Waals surface area contributed by atoms with Crippen molar-refractivity contribution >= 4 is 11.3 Å². The molecule has 0 saturated carbocycles. The fourth-order valence-electron chi connectivity index (χ4n) is 1.46. The van der Waals surface area contributed by atoms with Gasteiger partial charge in [-0.1, -0.05) is 0 Å². The first-order valence-corrected chi connectivity index (χ1v) is 4.83. The highest BCUT2D eigenvalue weighted by Gasteiger charge is 2.29. The van der Waals surface area contributed by atoms with Crippen molar-refractivity contribution in [2.24, 2.45) is 0 Å². The molecule has 0 amide bonds. The fourth-order valence-corrected chi connectivity index (χ4v) is 2.41. The van der Waals surface area contributed by atoms with Crippen molar-refractivity contribution in [1.29, 1.82) is 0 Å². The number of rotatable bonds is 1. The molecule has 2 rings (SSSR count). The number of thiazole rings is 1. The first-order chi connectivity index (χ1) is 5.79. The first kappa shape index (κ1) is 8.16. The van der Waals surface area contributed by atoms with Gasteiger partial charge in [-0.2, -0.15) is 0 Å². The highest BCUT2D eigenvalue weighted by molar-refractivity contribution is 7.09. The molecule has 1 fully saturated rings. The van der Waals surface area contributed by atoms with Crippen LogP contribution in [0.25, 0.3) is 0 Å². The fraction of sp³-hybridized carbons (Fsp3) is 0.625. The van der Waals surface area contributed by atoms with Crippen LogP contribution in [0, 0.1) is 6.92 Å². The topological polar surface area (TPSA) is 42.4 Å². The van der Waals surface area contributed by atoms with Crippen LogP contribution in [0.2, 0.25) is 0 Å². The van der Waals surface area contributed by atoms with E-state index < -0.39 is 0 Å². The number of nitrogens with zero attached hydrogens (tertiary/aromatic N) is 1. The van der Waals surface area contributed by atoms with Gasteiger partial charge >= 0.3 is 0 Å². The van der Waals surface area contributed by atoms with Gasteiger partial charge in [0.05, 0.1) is 30.5 Å². The maximum atomic E-state index is 9.54. The second-order valence-corrected chi connectivity index (χ2v) is 3.90. The van der Waals surface area contributed by atoms with Gasteiger partial charge in [0, 0.05) is 10.8 Å². The molecule has 12 heavy (non-hydrogen) atoms. The molecule has 2 heterocycles. The molecule has 1 aliphatic rings. The second-order valence-electron chi connectivity index (χ2n) is 3.01. The summed E-state index contributed by atoms with van der Waals surface area (Å²) in [5, 5.41) is 9.54. The monoisotopic (exact) mass is 185 g/mol. The quantitative estimate of drug-likeness (QED) is 0.707. The van der Waals surface area contributed by atoms with Gasteiger partial charge in [0.15, 0.2) is 0 Å². The SMILES string of the molecule is Cc1ncsc1[C@@H]1COC[C@H]1O. The maximum Gasteiger partial charge on any atom is 0.0872 e. The summed E-state index contributed by atoms with van der Waals surface area (Å²) in [6.07, 6.45) is -0.343. The van der Waals surface area contributed by atoms with Crippen molar-refractivity contribution in [2.75, 3.05) is 13.2 Å². The van der Waals surface area contributed by atoms with Gasteiger partial charge in [-0.25, -0.2) is 4.98 Å². The van der Waals surface area contributed by atoms with E-state index in [1.165, 1.54) is 4.88 Å². The molecule has 0 unspecified atom stereocenters. The molecule has 0 aromatic carbocycles. The number of hydrogen-bond acceptors (Lipinski definition) is 4. The van der Waals surface area contributed by atoms with E-state index in [2.05, 4.69) is 4.98 Å². The third kappa shape index (κ3) is 1.26. The van der Waals surface area contributed by atoms with Gasteiger partial charge in [-0.05, 0) is 6.92 Å². The molecule has 1 N–H and O–H groups in total. The summed E-state index contributed by atoms with van der Waals surface area (Å²) in [5.74, 6) is 0.150. The summed E-state index contributed by atoms with van der Waals surface area (Å²) in [7, 11) is 0. The summed E-state index contributed by atoms with van der Waals surface area (Å²) in [6.45, 7) is 3.06. The molecule has 1 aliphatic heterocycles. The molecule has 1 aromatic rings. The lowest BCUT2D eigenvalue weighted by atomic mass is 10.0. The van der Waals surface area contributed by atoms with Gasteiger partial charge < -0.3 is 9.84 Å². The van der Waals surface area contributed by atoms with E-state index in [9.17, 15) is 5.11 Å². The Morgan fingerprint density at radius 1 is 1.67 bits per heavy atom. The minimum absolute atomic E-state index is 0.150. The van der Waals surface area contributed by atoms with Gasteiger partial charge in [0.2, 0.25) is 0 Å². The zero-order chi connectivity index (χ0) is 8.55. The first-order valence-electron chi connectivity index (χ1n) is 3.95. The van der Waals surface area contributed by atoms with E-state index in [1.54, 1.807) is 11.3 Å². The normalized spacial score (nSPS) is 29.5. The average Bonchev–Trinajstić information content (AvgIpc) is 2.59. The van der Waals surface area contributed by atoms with Crippen molar-refractivity contribution in [3.8, 4) is 0 Å². The lowest BCUT2D eigenvalue weighted by Crippen LogP contribution is -2.15. The molecule has 3 nitrogen and oxygen atoms in total. The second kappa shape index (κ2) is 3.12. The van der Waals surface area contributed by atoms with E-state index >= 15 is 0 Å². The van der Waals surface area contributed by atoms with Crippen LogP contribution in [0.4, 0.5) is 0 Å². The highest BCUT2D eigenvalue weighted by Crippen LogP contribution is 2.30. The summed E-state index contributed by atoms with van der Waals surface area (Å²) in [5.41, 5.74) is 2.84. The number of aromatic nitrogens is 1. The van der Waals surface area contributed by atoms with Crippen molar-refractivity contribution < 1.29 is 9.84 Å². The lowest BCUT2D eigenvalue weighted by Gasteiger charge is -2.09. The third-order valence-electron chi connectivity index (χ3n) is 2.17. The summed E-state index contributed by atoms with van der Waals surface area (Å²) >= 11 is 1.60. The Morgan fingerprint density at radius 2 is 2.50 bits per heavy atom. The molecule has 0 spiro atoms. The smallest absolute Gasteiger partial charge is 0.0872 e. The van der Waals surface area contributed by atoms with Crippen LogP contribution in [0.5, 0.6) is 0 Å². The van der Waals surface area contributed by atoms with Crippen LogP contribution in [0.15, 0.2) is 5.51 Å². The van der Waals surface area contributed by atoms with Gasteiger partial charge in [-0.3, -0.25) is 0 Å². The van der Waals surface area contributed by atoms with Crippen LogP contribution in [0.3, 0.4) is 0 Å². The van der Waals surface area contributed by atoms with Gasteiger partial charge in [0.25, 0.3) is 0 Å².